The average Bonchev–Trinajstić information content (AvgIpc) is 2.17. The SMILES string of the molecule is CC(C)(C)C(=O)C[n+]1cccc(/C=N/[O-])c1. The van der Waals surface area contributed by atoms with Gasteiger partial charge in [-0.05, 0) is 6.07 Å². The van der Waals surface area contributed by atoms with Crippen molar-refractivity contribution in [3.8, 4) is 0 Å². The lowest BCUT2D eigenvalue weighted by Gasteiger charge is -2.13. The van der Waals surface area contributed by atoms with Crippen molar-refractivity contribution in [1.82, 2.24) is 0 Å². The van der Waals surface area contributed by atoms with Gasteiger partial charge < -0.3 is 10.4 Å². The predicted molar refractivity (Wildman–Crippen MR) is 62.1 cm³/mol. The summed E-state index contributed by atoms with van der Waals surface area (Å²) >= 11 is 0. The highest BCUT2D eigenvalue weighted by molar-refractivity contribution is 5.82. The lowest BCUT2D eigenvalue weighted by Crippen LogP contribution is -2.41. The second-order valence-corrected chi connectivity index (χ2v) is 4.72. The topological polar surface area (TPSA) is 56.4 Å². The smallest absolute Gasteiger partial charge is 0.207 e. The van der Waals surface area contributed by atoms with E-state index in [-0.39, 0.29) is 11.2 Å². The van der Waals surface area contributed by atoms with Crippen LogP contribution in [0.3, 0.4) is 0 Å². The van der Waals surface area contributed by atoms with E-state index in [1.165, 1.54) is 6.21 Å². The number of hydrogen-bond acceptors (Lipinski definition) is 3. The summed E-state index contributed by atoms with van der Waals surface area (Å²) in [5.74, 6) is 0.147. The average molecular weight is 220 g/mol. The fourth-order valence-corrected chi connectivity index (χ4v) is 1.18. The molecule has 0 bridgehead atoms. The van der Waals surface area contributed by atoms with E-state index in [0.29, 0.717) is 12.1 Å². The Balaban J connectivity index is 2.82. The van der Waals surface area contributed by atoms with Crippen molar-refractivity contribution in [2.24, 2.45) is 10.6 Å². The van der Waals surface area contributed by atoms with Gasteiger partial charge >= 0.3 is 0 Å². The van der Waals surface area contributed by atoms with Crippen molar-refractivity contribution < 1.29 is 9.36 Å². The van der Waals surface area contributed by atoms with E-state index in [9.17, 15) is 10.0 Å². The number of nitrogens with zero attached hydrogens (tertiary/aromatic N) is 2. The zero-order valence-corrected chi connectivity index (χ0v) is 9.80. The van der Waals surface area contributed by atoms with Gasteiger partial charge in [-0.2, -0.15) is 4.57 Å². The van der Waals surface area contributed by atoms with Crippen LogP contribution in [0.2, 0.25) is 0 Å². The minimum atomic E-state index is -0.352. The molecule has 0 aliphatic carbocycles. The van der Waals surface area contributed by atoms with Crippen molar-refractivity contribution in [3.63, 3.8) is 0 Å². The maximum Gasteiger partial charge on any atom is 0.207 e. The monoisotopic (exact) mass is 220 g/mol. The van der Waals surface area contributed by atoms with Crippen LogP contribution in [0.25, 0.3) is 0 Å². The van der Waals surface area contributed by atoms with Crippen molar-refractivity contribution >= 4 is 12.0 Å². The fourth-order valence-electron chi connectivity index (χ4n) is 1.18. The summed E-state index contributed by atoms with van der Waals surface area (Å²) in [6.07, 6.45) is 4.74. The summed E-state index contributed by atoms with van der Waals surface area (Å²) in [6.45, 7) is 5.97. The number of rotatable bonds is 3. The van der Waals surface area contributed by atoms with Crippen LogP contribution in [0.4, 0.5) is 0 Å². The van der Waals surface area contributed by atoms with Gasteiger partial charge in [0.1, 0.15) is 0 Å². The van der Waals surface area contributed by atoms with Gasteiger partial charge in [-0.3, -0.25) is 4.79 Å². The van der Waals surface area contributed by atoms with Crippen molar-refractivity contribution in [2.45, 2.75) is 27.3 Å². The molecule has 0 N–H and O–H groups in total. The van der Waals surface area contributed by atoms with E-state index in [1.54, 1.807) is 29.1 Å². The van der Waals surface area contributed by atoms with E-state index in [0.717, 1.165) is 0 Å². The van der Waals surface area contributed by atoms with Crippen LogP contribution in [0, 0.1) is 10.6 Å². The van der Waals surface area contributed by atoms with Crippen molar-refractivity contribution in [2.75, 3.05) is 0 Å². The standard InChI is InChI=1S/C12H16N2O2/c1-12(2,3)11(15)9-14-6-4-5-10(8-14)7-13-16/h4-8H,9H2,1-3H3/b13-7+. The zero-order valence-electron chi connectivity index (χ0n) is 9.80. The lowest BCUT2D eigenvalue weighted by molar-refractivity contribution is -0.684. The Morgan fingerprint density at radius 3 is 2.81 bits per heavy atom. The van der Waals surface area contributed by atoms with Gasteiger partial charge in [0.15, 0.2) is 12.4 Å². The Hall–Kier alpha value is -1.71. The molecule has 16 heavy (non-hydrogen) atoms. The molecule has 1 heterocycles. The minimum absolute atomic E-state index is 0.147. The van der Waals surface area contributed by atoms with Crippen LogP contribution in [-0.2, 0) is 11.3 Å². The molecule has 0 aromatic carbocycles. The molecule has 1 aromatic rings. The number of carbonyl (C=O) groups is 1. The number of ketones is 1. The second kappa shape index (κ2) is 4.88. The molecule has 86 valence electrons. The molecular weight excluding hydrogens is 204 g/mol. The fraction of sp³-hybridized carbons (Fsp3) is 0.417. The highest BCUT2D eigenvalue weighted by Crippen LogP contribution is 2.14. The highest BCUT2D eigenvalue weighted by atomic mass is 16.4. The molecule has 1 rings (SSSR count). The van der Waals surface area contributed by atoms with Gasteiger partial charge in [0.25, 0.3) is 0 Å². The Labute approximate surface area is 95.2 Å². The third kappa shape index (κ3) is 3.46. The normalized spacial score (nSPS) is 11.9. The lowest BCUT2D eigenvalue weighted by atomic mass is 9.91. The number of carbonyl (C=O) groups excluding carboxylic acids is 1. The molecule has 0 saturated heterocycles. The first-order valence-electron chi connectivity index (χ1n) is 5.11. The number of aromatic nitrogens is 1. The maximum absolute atomic E-state index is 11.8. The van der Waals surface area contributed by atoms with Crippen LogP contribution >= 0.6 is 0 Å². The maximum atomic E-state index is 11.8. The number of Topliss-reactive ketones (excluding diaryl/α,β-unsaturated/α-hetero) is 1. The van der Waals surface area contributed by atoms with E-state index < -0.39 is 0 Å². The molecule has 4 nitrogen and oxygen atoms in total. The van der Waals surface area contributed by atoms with Crippen LogP contribution in [0.1, 0.15) is 26.3 Å². The Kier molecular flexibility index (Phi) is 3.77. The largest absolute Gasteiger partial charge is 0.792 e. The third-order valence-corrected chi connectivity index (χ3v) is 2.25. The Bertz CT molecular complexity index is 406. The van der Waals surface area contributed by atoms with E-state index in [1.807, 2.05) is 20.8 Å². The van der Waals surface area contributed by atoms with Gasteiger partial charge in [-0.25, -0.2) is 0 Å². The molecule has 0 aliphatic heterocycles. The molecule has 0 unspecified atom stereocenters. The van der Waals surface area contributed by atoms with Crippen LogP contribution in [-0.4, -0.2) is 12.0 Å². The Morgan fingerprint density at radius 1 is 1.56 bits per heavy atom. The molecule has 0 saturated carbocycles. The van der Waals surface area contributed by atoms with Gasteiger partial charge in [0.05, 0.1) is 5.56 Å². The minimum Gasteiger partial charge on any atom is -0.792 e. The molecule has 0 amide bonds. The number of hydrogen-bond donors (Lipinski definition) is 0. The third-order valence-electron chi connectivity index (χ3n) is 2.25. The second-order valence-electron chi connectivity index (χ2n) is 4.72. The van der Waals surface area contributed by atoms with Gasteiger partial charge in [0, 0.05) is 17.7 Å². The summed E-state index contributed by atoms with van der Waals surface area (Å²) < 4.78 is 1.75. The summed E-state index contributed by atoms with van der Waals surface area (Å²) in [6, 6.07) is 3.55. The number of pyridine rings is 1. The molecule has 0 aliphatic rings. The molecule has 0 spiro atoms. The predicted octanol–water partition coefficient (Wildman–Crippen LogP) is 1.51. The van der Waals surface area contributed by atoms with Crippen LogP contribution < -0.4 is 4.57 Å². The molecule has 0 fully saturated rings. The summed E-state index contributed by atoms with van der Waals surface area (Å²) in [7, 11) is 0. The first-order valence-corrected chi connectivity index (χ1v) is 5.11. The van der Waals surface area contributed by atoms with Crippen molar-refractivity contribution in [1.29, 1.82) is 0 Å². The zero-order chi connectivity index (χ0) is 12.2. The quantitative estimate of drug-likeness (QED) is 0.440. The summed E-state index contributed by atoms with van der Waals surface area (Å²) in [5, 5.41) is 12.8. The highest BCUT2D eigenvalue weighted by Gasteiger charge is 2.24. The first kappa shape index (κ1) is 12.4. The van der Waals surface area contributed by atoms with Crippen molar-refractivity contribution in [3.05, 3.63) is 35.3 Å². The van der Waals surface area contributed by atoms with E-state index >= 15 is 0 Å². The van der Waals surface area contributed by atoms with Gasteiger partial charge in [-0.15, -0.1) is 0 Å². The Morgan fingerprint density at radius 2 is 2.25 bits per heavy atom. The summed E-state index contributed by atoms with van der Waals surface area (Å²) in [4.78, 5) is 11.8. The molecule has 0 atom stereocenters. The molecule has 0 radical (unpaired) electrons. The molecule has 4 heteroatoms. The molecule has 1 aromatic heterocycles. The van der Waals surface area contributed by atoms with E-state index in [2.05, 4.69) is 5.16 Å². The van der Waals surface area contributed by atoms with E-state index in [4.69, 9.17) is 0 Å². The first-order chi connectivity index (χ1) is 7.43. The van der Waals surface area contributed by atoms with Gasteiger partial charge in [0.2, 0.25) is 12.3 Å². The van der Waals surface area contributed by atoms with Crippen LogP contribution in [0.15, 0.2) is 29.7 Å². The van der Waals surface area contributed by atoms with Crippen LogP contribution in [0.5, 0.6) is 0 Å². The molecular formula is C12H16N2O2. The van der Waals surface area contributed by atoms with Gasteiger partial charge in [-0.1, -0.05) is 20.8 Å². The summed E-state index contributed by atoms with van der Waals surface area (Å²) in [5.41, 5.74) is 0.342.